The van der Waals surface area contributed by atoms with Crippen molar-refractivity contribution in [3.8, 4) is 0 Å². The van der Waals surface area contributed by atoms with Crippen LogP contribution in [0.1, 0.15) is 66.2 Å². The summed E-state index contributed by atoms with van der Waals surface area (Å²) in [6.45, 7) is 9.77. The van der Waals surface area contributed by atoms with Crippen molar-refractivity contribution in [2.24, 2.45) is 5.92 Å². The van der Waals surface area contributed by atoms with Gasteiger partial charge >= 0.3 is 6.09 Å². The van der Waals surface area contributed by atoms with Crippen LogP contribution in [0.4, 0.5) is 4.79 Å². The number of carbonyl (C=O) groups is 1. The van der Waals surface area contributed by atoms with Crippen molar-refractivity contribution in [1.82, 2.24) is 10.2 Å². The first-order valence-electron chi connectivity index (χ1n) is 8.58. The summed E-state index contributed by atoms with van der Waals surface area (Å²) in [4.78, 5) is 14.2. The molecule has 2 aliphatic carbocycles. The Hall–Kier alpha value is -0.770. The molecule has 2 aliphatic rings. The van der Waals surface area contributed by atoms with Crippen molar-refractivity contribution in [1.29, 1.82) is 0 Å². The maximum absolute atomic E-state index is 12.3. The van der Waals surface area contributed by atoms with Gasteiger partial charge in [0.15, 0.2) is 0 Å². The van der Waals surface area contributed by atoms with E-state index in [9.17, 15) is 4.79 Å². The Balaban J connectivity index is 1.74. The van der Waals surface area contributed by atoms with Crippen LogP contribution in [0.15, 0.2) is 0 Å². The summed E-state index contributed by atoms with van der Waals surface area (Å²) in [5.74, 6) is 0.835. The standard InChI is InChI=1S/C17H32N2O2/c1-13-6-5-7-14(12-13)18-10-11-19(15-8-9-15)16(20)21-17(2,3)4/h13-15,18H,5-12H2,1-4H3. The molecule has 2 fully saturated rings. The largest absolute Gasteiger partial charge is 0.444 e. The van der Waals surface area contributed by atoms with Gasteiger partial charge in [0.25, 0.3) is 0 Å². The first kappa shape index (κ1) is 16.6. The lowest BCUT2D eigenvalue weighted by atomic mass is 9.87. The number of rotatable bonds is 5. The lowest BCUT2D eigenvalue weighted by Crippen LogP contribution is -2.44. The molecule has 0 radical (unpaired) electrons. The summed E-state index contributed by atoms with van der Waals surface area (Å²) in [5.41, 5.74) is -0.406. The summed E-state index contributed by atoms with van der Waals surface area (Å²) in [6.07, 6.45) is 7.35. The Morgan fingerprint density at radius 2 is 1.95 bits per heavy atom. The van der Waals surface area contributed by atoms with Gasteiger partial charge in [0.2, 0.25) is 0 Å². The maximum Gasteiger partial charge on any atom is 0.410 e. The predicted molar refractivity (Wildman–Crippen MR) is 85.4 cm³/mol. The highest BCUT2D eigenvalue weighted by atomic mass is 16.6. The Bertz CT molecular complexity index is 347. The van der Waals surface area contributed by atoms with E-state index in [4.69, 9.17) is 4.74 Å². The van der Waals surface area contributed by atoms with Crippen LogP contribution in [0.3, 0.4) is 0 Å². The molecule has 1 N–H and O–H groups in total. The Morgan fingerprint density at radius 1 is 1.24 bits per heavy atom. The number of ether oxygens (including phenoxy) is 1. The van der Waals surface area contributed by atoms with Gasteiger partial charge in [-0.1, -0.05) is 19.8 Å². The predicted octanol–water partition coefficient (Wildman–Crippen LogP) is 3.55. The number of nitrogens with one attached hydrogen (secondary N) is 1. The van der Waals surface area contributed by atoms with Crippen molar-refractivity contribution in [2.45, 2.75) is 83.9 Å². The normalized spacial score (nSPS) is 26.5. The van der Waals surface area contributed by atoms with Gasteiger partial charge in [-0.25, -0.2) is 4.79 Å². The van der Waals surface area contributed by atoms with Gasteiger partial charge in [0, 0.05) is 25.2 Å². The minimum absolute atomic E-state index is 0.149. The third kappa shape index (κ3) is 5.85. The van der Waals surface area contributed by atoms with E-state index in [1.165, 1.54) is 25.7 Å². The molecule has 2 rings (SSSR count). The van der Waals surface area contributed by atoms with Crippen LogP contribution in [0.5, 0.6) is 0 Å². The van der Waals surface area contributed by atoms with Crippen LogP contribution in [0.25, 0.3) is 0 Å². The fourth-order valence-electron chi connectivity index (χ4n) is 3.14. The van der Waals surface area contributed by atoms with E-state index in [2.05, 4.69) is 12.2 Å². The number of hydrogen-bond donors (Lipinski definition) is 1. The molecule has 0 aromatic carbocycles. The van der Waals surface area contributed by atoms with Crippen molar-refractivity contribution in [3.63, 3.8) is 0 Å². The second-order valence-electron chi connectivity index (χ2n) is 7.83. The molecular formula is C17H32N2O2. The minimum Gasteiger partial charge on any atom is -0.444 e. The van der Waals surface area contributed by atoms with Crippen molar-refractivity contribution in [2.75, 3.05) is 13.1 Å². The van der Waals surface area contributed by atoms with E-state index in [0.29, 0.717) is 12.1 Å². The van der Waals surface area contributed by atoms with Gasteiger partial charge in [-0.3, -0.25) is 0 Å². The lowest BCUT2D eigenvalue weighted by Gasteiger charge is -2.30. The first-order valence-corrected chi connectivity index (χ1v) is 8.58. The van der Waals surface area contributed by atoms with Crippen LogP contribution in [0.2, 0.25) is 0 Å². The Kier molecular flexibility index (Phi) is 5.53. The summed E-state index contributed by atoms with van der Waals surface area (Å²) >= 11 is 0. The molecule has 0 aliphatic heterocycles. The van der Waals surface area contributed by atoms with E-state index in [1.54, 1.807) is 0 Å². The third-order valence-corrected chi connectivity index (χ3v) is 4.34. The van der Waals surface area contributed by atoms with Crippen LogP contribution in [-0.2, 0) is 4.74 Å². The van der Waals surface area contributed by atoms with E-state index in [-0.39, 0.29) is 6.09 Å². The molecule has 1 amide bonds. The number of carbonyl (C=O) groups excluding carboxylic acids is 1. The molecule has 0 bridgehead atoms. The van der Waals surface area contributed by atoms with Crippen molar-refractivity contribution >= 4 is 6.09 Å². The molecule has 21 heavy (non-hydrogen) atoms. The minimum atomic E-state index is -0.406. The first-order chi connectivity index (χ1) is 9.85. The quantitative estimate of drug-likeness (QED) is 0.843. The summed E-state index contributed by atoms with van der Waals surface area (Å²) in [6, 6.07) is 1.04. The summed E-state index contributed by atoms with van der Waals surface area (Å²) in [5, 5.41) is 3.63. The van der Waals surface area contributed by atoms with Gasteiger partial charge < -0.3 is 15.0 Å². The van der Waals surface area contributed by atoms with E-state index >= 15 is 0 Å². The van der Waals surface area contributed by atoms with E-state index < -0.39 is 5.60 Å². The molecule has 2 unspecified atom stereocenters. The average molecular weight is 296 g/mol. The smallest absolute Gasteiger partial charge is 0.410 e. The van der Waals surface area contributed by atoms with Crippen molar-refractivity contribution < 1.29 is 9.53 Å². The maximum atomic E-state index is 12.3. The number of hydrogen-bond acceptors (Lipinski definition) is 3. The Morgan fingerprint density at radius 3 is 2.52 bits per heavy atom. The van der Waals surface area contributed by atoms with Gasteiger partial charge in [-0.2, -0.15) is 0 Å². The molecule has 0 spiro atoms. The highest BCUT2D eigenvalue weighted by molar-refractivity contribution is 5.69. The molecule has 0 heterocycles. The van der Waals surface area contributed by atoms with Gasteiger partial charge in [-0.15, -0.1) is 0 Å². The van der Waals surface area contributed by atoms with Gasteiger partial charge in [0.05, 0.1) is 0 Å². The van der Waals surface area contributed by atoms with Crippen LogP contribution in [-0.4, -0.2) is 41.8 Å². The Labute approximate surface area is 129 Å². The zero-order chi connectivity index (χ0) is 15.5. The highest BCUT2D eigenvalue weighted by Gasteiger charge is 2.35. The van der Waals surface area contributed by atoms with E-state index in [0.717, 1.165) is 31.8 Å². The molecule has 4 nitrogen and oxygen atoms in total. The highest BCUT2D eigenvalue weighted by Crippen LogP contribution is 2.28. The van der Waals surface area contributed by atoms with Crippen LogP contribution >= 0.6 is 0 Å². The fraction of sp³-hybridized carbons (Fsp3) is 0.941. The molecule has 0 saturated heterocycles. The zero-order valence-electron chi connectivity index (χ0n) is 14.2. The molecule has 0 aromatic heterocycles. The van der Waals surface area contributed by atoms with E-state index in [1.807, 2.05) is 25.7 Å². The molecular weight excluding hydrogens is 264 g/mol. The molecule has 2 atom stereocenters. The van der Waals surface area contributed by atoms with Crippen molar-refractivity contribution in [3.05, 3.63) is 0 Å². The average Bonchev–Trinajstić information content (AvgIpc) is 3.16. The van der Waals surface area contributed by atoms with Gasteiger partial charge in [-0.05, 0) is 52.4 Å². The van der Waals surface area contributed by atoms with Gasteiger partial charge in [0.1, 0.15) is 5.60 Å². The fourth-order valence-corrected chi connectivity index (χ4v) is 3.14. The SMILES string of the molecule is CC1CCCC(NCCN(C(=O)OC(C)(C)C)C2CC2)C1. The van der Waals surface area contributed by atoms with Crippen LogP contribution < -0.4 is 5.32 Å². The number of amides is 1. The second kappa shape index (κ2) is 6.99. The molecule has 2 saturated carbocycles. The summed E-state index contributed by atoms with van der Waals surface area (Å²) < 4.78 is 5.52. The molecule has 4 heteroatoms. The van der Waals surface area contributed by atoms with Crippen LogP contribution in [0, 0.1) is 5.92 Å². The monoisotopic (exact) mass is 296 g/mol. The lowest BCUT2D eigenvalue weighted by molar-refractivity contribution is 0.0233. The second-order valence-corrected chi connectivity index (χ2v) is 7.83. The topological polar surface area (TPSA) is 41.6 Å². The summed E-state index contributed by atoms with van der Waals surface area (Å²) in [7, 11) is 0. The molecule has 0 aromatic rings. The molecule has 122 valence electrons. The third-order valence-electron chi connectivity index (χ3n) is 4.34. The zero-order valence-corrected chi connectivity index (χ0v) is 14.2. The number of nitrogens with zero attached hydrogens (tertiary/aromatic N) is 1.